The number of aryl methyl sites for hydroxylation is 2. The summed E-state index contributed by atoms with van der Waals surface area (Å²) in [5, 5.41) is 4.95. The molecule has 0 amide bonds. The van der Waals surface area contributed by atoms with Crippen molar-refractivity contribution in [1.82, 2.24) is 0 Å². The van der Waals surface area contributed by atoms with Crippen LogP contribution in [0, 0.1) is 13.8 Å². The number of nitrogens with zero attached hydrogens (tertiary/aromatic N) is 1. The maximum atomic E-state index is 5.48. The second-order valence-electron chi connectivity index (χ2n) is 9.53. The maximum absolute atomic E-state index is 5.48. The first-order chi connectivity index (χ1) is 18.1. The lowest BCUT2D eigenvalue weighted by Gasteiger charge is -2.30. The first-order valence-corrected chi connectivity index (χ1v) is 12.7. The molecule has 0 spiro atoms. The molecule has 0 aliphatic carbocycles. The second-order valence-corrected chi connectivity index (χ2v) is 9.53. The van der Waals surface area contributed by atoms with Gasteiger partial charge in [-0.3, -0.25) is 0 Å². The average molecular weight is 480 g/mol. The minimum absolute atomic E-state index is 0.845. The molecule has 6 rings (SSSR count). The van der Waals surface area contributed by atoms with Gasteiger partial charge in [-0.1, -0.05) is 90.5 Å². The monoisotopic (exact) mass is 479 g/mol. The van der Waals surface area contributed by atoms with Crippen molar-refractivity contribution in [1.29, 1.82) is 0 Å². The third-order valence-corrected chi connectivity index (χ3v) is 7.13. The highest BCUT2D eigenvalue weighted by atomic mass is 16.5. The Bertz CT molecular complexity index is 1730. The van der Waals surface area contributed by atoms with Crippen LogP contribution in [0.25, 0.3) is 32.7 Å². The van der Waals surface area contributed by atoms with Gasteiger partial charge in [0.15, 0.2) is 0 Å². The molecule has 0 radical (unpaired) electrons. The summed E-state index contributed by atoms with van der Waals surface area (Å²) in [5.74, 6) is 0.845. The molecule has 0 fully saturated rings. The van der Waals surface area contributed by atoms with E-state index in [0.717, 1.165) is 22.8 Å². The van der Waals surface area contributed by atoms with Gasteiger partial charge in [0.2, 0.25) is 0 Å². The highest BCUT2D eigenvalue weighted by Gasteiger charge is 2.21. The fraction of sp³-hybridized carbons (Fsp3) is 0.0857. The zero-order chi connectivity index (χ0) is 25.4. The molecule has 0 saturated carbocycles. The maximum Gasteiger partial charge on any atom is 0.119 e. The molecule has 6 aromatic carbocycles. The van der Waals surface area contributed by atoms with Crippen LogP contribution in [0.3, 0.4) is 0 Å². The van der Waals surface area contributed by atoms with Crippen LogP contribution in [0.4, 0.5) is 17.1 Å². The van der Waals surface area contributed by atoms with Crippen molar-refractivity contribution < 1.29 is 4.74 Å². The Morgan fingerprint density at radius 3 is 1.95 bits per heavy atom. The number of hydrogen-bond acceptors (Lipinski definition) is 2. The Morgan fingerprint density at radius 2 is 1.22 bits per heavy atom. The van der Waals surface area contributed by atoms with E-state index in [1.807, 2.05) is 12.1 Å². The fourth-order valence-corrected chi connectivity index (χ4v) is 5.37. The average Bonchev–Trinajstić information content (AvgIpc) is 2.94. The smallest absolute Gasteiger partial charge is 0.119 e. The fourth-order valence-electron chi connectivity index (χ4n) is 5.37. The van der Waals surface area contributed by atoms with Crippen LogP contribution in [0.15, 0.2) is 121 Å². The van der Waals surface area contributed by atoms with Gasteiger partial charge in [-0.25, -0.2) is 0 Å². The zero-order valence-electron chi connectivity index (χ0n) is 21.4. The summed E-state index contributed by atoms with van der Waals surface area (Å²) < 4.78 is 5.48. The number of benzene rings is 6. The zero-order valence-corrected chi connectivity index (χ0v) is 21.4. The van der Waals surface area contributed by atoms with Crippen molar-refractivity contribution in [3.63, 3.8) is 0 Å². The third kappa shape index (κ3) is 4.11. The van der Waals surface area contributed by atoms with E-state index in [-0.39, 0.29) is 0 Å². The van der Waals surface area contributed by atoms with Gasteiger partial charge < -0.3 is 9.64 Å². The SMILES string of the molecule is COc1ccc(N(c2ccc(C)cc2C)c2ccc3ccccc3c2-c2cccc3ccccc23)cc1. The lowest BCUT2D eigenvalue weighted by atomic mass is 9.91. The van der Waals surface area contributed by atoms with Gasteiger partial charge in [0.25, 0.3) is 0 Å². The van der Waals surface area contributed by atoms with Crippen LogP contribution in [-0.4, -0.2) is 7.11 Å². The van der Waals surface area contributed by atoms with Crippen molar-refractivity contribution in [2.45, 2.75) is 13.8 Å². The molecule has 180 valence electrons. The topological polar surface area (TPSA) is 12.5 Å². The number of methoxy groups -OCH3 is 1. The lowest BCUT2D eigenvalue weighted by Crippen LogP contribution is -2.13. The minimum atomic E-state index is 0.845. The van der Waals surface area contributed by atoms with Gasteiger partial charge >= 0.3 is 0 Å². The summed E-state index contributed by atoms with van der Waals surface area (Å²) in [5.41, 5.74) is 8.33. The van der Waals surface area contributed by atoms with Crippen molar-refractivity contribution >= 4 is 38.6 Å². The van der Waals surface area contributed by atoms with Gasteiger partial charge in [-0.2, -0.15) is 0 Å². The molecular formula is C35H29NO. The number of rotatable bonds is 5. The summed E-state index contributed by atoms with van der Waals surface area (Å²) >= 11 is 0. The van der Waals surface area contributed by atoms with Crippen molar-refractivity contribution in [3.05, 3.63) is 132 Å². The van der Waals surface area contributed by atoms with Crippen molar-refractivity contribution in [2.24, 2.45) is 0 Å². The first-order valence-electron chi connectivity index (χ1n) is 12.7. The van der Waals surface area contributed by atoms with Crippen LogP contribution >= 0.6 is 0 Å². The Morgan fingerprint density at radius 1 is 0.568 bits per heavy atom. The van der Waals surface area contributed by atoms with Gasteiger partial charge in [0.1, 0.15) is 5.75 Å². The van der Waals surface area contributed by atoms with E-state index in [2.05, 4.69) is 128 Å². The van der Waals surface area contributed by atoms with Crippen LogP contribution in [0.1, 0.15) is 11.1 Å². The molecular weight excluding hydrogens is 450 g/mol. The van der Waals surface area contributed by atoms with Gasteiger partial charge in [0, 0.05) is 16.9 Å². The molecule has 0 saturated heterocycles. The molecule has 2 nitrogen and oxygen atoms in total. The highest BCUT2D eigenvalue weighted by Crippen LogP contribution is 2.46. The van der Waals surface area contributed by atoms with E-state index in [0.29, 0.717) is 0 Å². The molecule has 0 unspecified atom stereocenters. The summed E-state index contributed by atoms with van der Waals surface area (Å²) in [6.45, 7) is 4.34. The largest absolute Gasteiger partial charge is 0.497 e. The summed E-state index contributed by atoms with van der Waals surface area (Å²) in [6.07, 6.45) is 0. The number of anilines is 3. The molecule has 0 aromatic heterocycles. The van der Waals surface area contributed by atoms with E-state index in [1.165, 1.54) is 43.8 Å². The normalized spacial score (nSPS) is 11.1. The number of ether oxygens (including phenoxy) is 1. The van der Waals surface area contributed by atoms with Crippen LogP contribution in [0.5, 0.6) is 5.75 Å². The molecule has 2 heteroatoms. The Balaban J connectivity index is 1.72. The predicted molar refractivity (Wildman–Crippen MR) is 158 cm³/mol. The van der Waals surface area contributed by atoms with Gasteiger partial charge in [0.05, 0.1) is 12.8 Å². The van der Waals surface area contributed by atoms with E-state index in [1.54, 1.807) is 7.11 Å². The van der Waals surface area contributed by atoms with Crippen molar-refractivity contribution in [2.75, 3.05) is 12.0 Å². The summed E-state index contributed by atoms with van der Waals surface area (Å²) in [4.78, 5) is 2.39. The van der Waals surface area contributed by atoms with Crippen LogP contribution in [-0.2, 0) is 0 Å². The summed E-state index contributed by atoms with van der Waals surface area (Å²) in [6, 6.07) is 43.5. The predicted octanol–water partition coefficient (Wildman–Crippen LogP) is 9.76. The van der Waals surface area contributed by atoms with Gasteiger partial charge in [-0.05, 0) is 82.9 Å². The van der Waals surface area contributed by atoms with Crippen molar-refractivity contribution in [3.8, 4) is 16.9 Å². The van der Waals surface area contributed by atoms with Crippen LogP contribution < -0.4 is 9.64 Å². The molecule has 0 aliphatic rings. The summed E-state index contributed by atoms with van der Waals surface area (Å²) in [7, 11) is 1.71. The molecule has 0 heterocycles. The van der Waals surface area contributed by atoms with E-state index in [4.69, 9.17) is 4.74 Å². The lowest BCUT2D eigenvalue weighted by molar-refractivity contribution is 0.415. The molecule has 0 N–H and O–H groups in total. The van der Waals surface area contributed by atoms with E-state index < -0.39 is 0 Å². The molecule has 0 atom stereocenters. The number of fused-ring (bicyclic) bond motifs is 2. The third-order valence-electron chi connectivity index (χ3n) is 7.13. The molecule has 37 heavy (non-hydrogen) atoms. The standard InChI is InChI=1S/C35H29NO/c1-24-15-21-33(25(2)23-24)36(28-17-19-29(37-3)20-18-28)34-22-16-27-10-5-7-13-31(27)35(34)32-14-8-11-26-9-4-6-12-30(26)32/h4-23H,1-3H3. The molecule has 6 aromatic rings. The Labute approximate surface area is 218 Å². The molecule has 0 aliphatic heterocycles. The highest BCUT2D eigenvalue weighted by molar-refractivity contribution is 6.11. The van der Waals surface area contributed by atoms with E-state index >= 15 is 0 Å². The van der Waals surface area contributed by atoms with E-state index in [9.17, 15) is 0 Å². The number of hydrogen-bond donors (Lipinski definition) is 0. The second kappa shape index (κ2) is 9.48. The van der Waals surface area contributed by atoms with Gasteiger partial charge in [-0.15, -0.1) is 0 Å². The Hall–Kier alpha value is -4.56. The Kier molecular flexibility index (Phi) is 5.86. The quantitative estimate of drug-likeness (QED) is 0.244. The first kappa shape index (κ1) is 22.9. The van der Waals surface area contributed by atoms with Crippen LogP contribution in [0.2, 0.25) is 0 Å². The molecule has 0 bridgehead atoms. The minimum Gasteiger partial charge on any atom is -0.497 e.